The number of unbranched alkanes of at least 4 members (excludes halogenated alkanes) is 2. The second-order valence-corrected chi connectivity index (χ2v) is 12.5. The number of hydrogen-bond donors (Lipinski definition) is 1. The highest BCUT2D eigenvalue weighted by Crippen LogP contribution is 2.61. The van der Waals surface area contributed by atoms with Crippen molar-refractivity contribution in [3.05, 3.63) is 24.3 Å². The molecule has 3 amide bonds. The Hall–Kier alpha value is -1.88. The summed E-state index contributed by atoms with van der Waals surface area (Å²) in [6.45, 7) is 8.96. The summed E-state index contributed by atoms with van der Waals surface area (Å²) in [5, 5.41) is 9.13. The van der Waals surface area contributed by atoms with E-state index in [2.05, 4.69) is 36.1 Å². The van der Waals surface area contributed by atoms with Crippen LogP contribution < -0.4 is 0 Å². The molecule has 9 nitrogen and oxygen atoms in total. The maximum absolute atomic E-state index is 14.3. The first-order valence-electron chi connectivity index (χ1n) is 14.3. The summed E-state index contributed by atoms with van der Waals surface area (Å²) in [6.07, 6.45) is 11.4. The third kappa shape index (κ3) is 5.05. The number of hydrogen-bond acceptors (Lipinski definition) is 7. The number of thioether (sulfide) groups is 1. The van der Waals surface area contributed by atoms with Crippen LogP contribution in [0.15, 0.2) is 24.3 Å². The van der Waals surface area contributed by atoms with E-state index in [0.717, 1.165) is 38.9 Å². The van der Waals surface area contributed by atoms with Gasteiger partial charge in [-0.1, -0.05) is 31.2 Å². The number of aliphatic hydroxyl groups is 1. The Labute approximate surface area is 230 Å². The lowest BCUT2D eigenvalue weighted by Crippen LogP contribution is -2.54. The number of amides is 3. The first-order valence-corrected chi connectivity index (χ1v) is 15.2. The normalized spacial score (nSPS) is 33.4. The van der Waals surface area contributed by atoms with Crippen LogP contribution in [0.4, 0.5) is 0 Å². The number of fused-ring (bicyclic) bond motifs is 2. The van der Waals surface area contributed by atoms with Gasteiger partial charge in [0.2, 0.25) is 17.7 Å². The minimum Gasteiger partial charge on any atom is -0.396 e. The number of carbonyl (C=O) groups excluding carboxylic acids is 3. The van der Waals surface area contributed by atoms with Crippen LogP contribution >= 0.6 is 11.8 Å². The van der Waals surface area contributed by atoms with Crippen LogP contribution in [0.1, 0.15) is 32.6 Å². The maximum Gasteiger partial charge on any atom is 0.247 e. The third-order valence-corrected chi connectivity index (χ3v) is 10.4. The molecule has 1 spiro atoms. The van der Waals surface area contributed by atoms with Crippen LogP contribution in [0.3, 0.4) is 0 Å². The van der Waals surface area contributed by atoms with Gasteiger partial charge in [-0.2, -0.15) is 0 Å². The van der Waals surface area contributed by atoms with E-state index in [-0.39, 0.29) is 29.6 Å². The zero-order valence-electron chi connectivity index (χ0n) is 22.5. The van der Waals surface area contributed by atoms with Gasteiger partial charge in [-0.15, -0.1) is 11.8 Å². The molecule has 210 valence electrons. The van der Waals surface area contributed by atoms with Gasteiger partial charge in [0.25, 0.3) is 0 Å². The van der Waals surface area contributed by atoms with Crippen molar-refractivity contribution in [1.82, 2.24) is 19.6 Å². The Morgan fingerprint density at radius 1 is 0.947 bits per heavy atom. The van der Waals surface area contributed by atoms with Crippen molar-refractivity contribution in [3.63, 3.8) is 0 Å². The van der Waals surface area contributed by atoms with Crippen molar-refractivity contribution in [2.24, 2.45) is 11.8 Å². The molecule has 3 saturated heterocycles. The summed E-state index contributed by atoms with van der Waals surface area (Å²) < 4.78 is 4.72. The fourth-order valence-electron chi connectivity index (χ4n) is 6.81. The maximum atomic E-state index is 14.3. The molecule has 1 N–H and O–H groups in total. The highest BCUT2D eigenvalue weighted by Gasteiger charge is 2.70. The SMILES string of the molecule is CCCN1CC=C[C@@H]2S[C@]34C=CCN(CCN5CCOCC5)C(=O)C3N(CCCCCO)C(=O)[C@@H]4[C@@H]2C1=O. The molecule has 5 aliphatic rings. The monoisotopic (exact) mass is 546 g/mol. The van der Waals surface area contributed by atoms with Crippen LogP contribution in [-0.2, 0) is 19.1 Å². The highest BCUT2D eigenvalue weighted by atomic mass is 32.2. The number of likely N-dealkylation sites (tertiary alicyclic amines) is 1. The lowest BCUT2D eigenvalue weighted by atomic mass is 9.78. The standard InChI is InChI=1S/C28H42N4O5S/c1-2-10-30-11-6-8-21-22(25(30)34)23-26(35)32(13-4-3-5-18-33)24-27(36)31(12-7-9-28(23,24)38-21)15-14-29-16-19-37-20-17-29/h6-9,21-24,33H,2-5,10-20H2,1H3/t21-,22+,23-,24?,28-/m0/s1. The summed E-state index contributed by atoms with van der Waals surface area (Å²) in [7, 11) is 0. The van der Waals surface area contributed by atoms with Crippen molar-refractivity contribution in [3.8, 4) is 0 Å². The topological polar surface area (TPSA) is 93.6 Å². The van der Waals surface area contributed by atoms with Crippen LogP contribution in [0.5, 0.6) is 0 Å². The van der Waals surface area contributed by atoms with E-state index in [1.54, 1.807) is 16.7 Å². The Bertz CT molecular complexity index is 954. The fraction of sp³-hybridized carbons (Fsp3) is 0.750. The van der Waals surface area contributed by atoms with Gasteiger partial charge in [-0.05, 0) is 25.7 Å². The smallest absolute Gasteiger partial charge is 0.247 e. The second-order valence-electron chi connectivity index (χ2n) is 11.0. The average molecular weight is 547 g/mol. The van der Waals surface area contributed by atoms with Gasteiger partial charge in [0.1, 0.15) is 6.04 Å². The van der Waals surface area contributed by atoms with Crippen LogP contribution in [0.25, 0.3) is 0 Å². The van der Waals surface area contributed by atoms with E-state index < -0.39 is 22.6 Å². The van der Waals surface area contributed by atoms with E-state index in [4.69, 9.17) is 4.74 Å². The predicted octanol–water partition coefficient (Wildman–Crippen LogP) is 0.985. The molecular formula is C28H42N4O5S. The lowest BCUT2D eigenvalue weighted by Gasteiger charge is -2.36. The van der Waals surface area contributed by atoms with Gasteiger partial charge in [0, 0.05) is 64.2 Å². The molecule has 5 heterocycles. The van der Waals surface area contributed by atoms with Gasteiger partial charge in [-0.25, -0.2) is 0 Å². The molecule has 5 rings (SSSR count). The van der Waals surface area contributed by atoms with Gasteiger partial charge in [-0.3, -0.25) is 19.3 Å². The number of aliphatic hydroxyl groups excluding tert-OH is 1. The fourth-order valence-corrected chi connectivity index (χ4v) is 8.81. The van der Waals surface area contributed by atoms with Crippen LogP contribution in [-0.4, -0.2) is 131 Å². The molecule has 0 saturated carbocycles. The first kappa shape index (κ1) is 27.7. The number of nitrogens with zero attached hydrogens (tertiary/aromatic N) is 4. The molecule has 3 fully saturated rings. The van der Waals surface area contributed by atoms with E-state index in [0.29, 0.717) is 52.4 Å². The Kier molecular flexibility index (Phi) is 8.82. The molecule has 0 aromatic carbocycles. The lowest BCUT2D eigenvalue weighted by molar-refractivity contribution is -0.144. The minimum atomic E-state index is -0.747. The van der Waals surface area contributed by atoms with Crippen LogP contribution in [0.2, 0.25) is 0 Å². The highest BCUT2D eigenvalue weighted by molar-refractivity contribution is 8.02. The number of carbonyl (C=O) groups is 3. The molecule has 0 bridgehead atoms. The third-order valence-electron chi connectivity index (χ3n) is 8.67. The number of morpholine rings is 1. The summed E-state index contributed by atoms with van der Waals surface area (Å²) in [6, 6.07) is -0.615. The van der Waals surface area contributed by atoms with E-state index in [1.165, 1.54) is 0 Å². The van der Waals surface area contributed by atoms with Crippen molar-refractivity contribution >= 4 is 29.5 Å². The molecular weight excluding hydrogens is 504 g/mol. The van der Waals surface area contributed by atoms with E-state index >= 15 is 0 Å². The summed E-state index contributed by atoms with van der Waals surface area (Å²) >= 11 is 1.65. The molecule has 0 aromatic rings. The first-order chi connectivity index (χ1) is 18.5. The molecule has 5 aliphatic heterocycles. The molecule has 0 aromatic heterocycles. The van der Waals surface area contributed by atoms with Crippen molar-refractivity contribution < 1.29 is 24.2 Å². The van der Waals surface area contributed by atoms with Crippen molar-refractivity contribution in [1.29, 1.82) is 0 Å². The number of rotatable bonds is 10. The minimum absolute atomic E-state index is 0.00734. The molecule has 10 heteroatoms. The summed E-state index contributed by atoms with van der Waals surface area (Å²) in [5.41, 5.74) is 0. The van der Waals surface area contributed by atoms with Gasteiger partial charge in [0.05, 0.1) is 29.8 Å². The quantitative estimate of drug-likeness (QED) is 0.323. The predicted molar refractivity (Wildman–Crippen MR) is 147 cm³/mol. The van der Waals surface area contributed by atoms with Crippen molar-refractivity contribution in [2.75, 3.05) is 72.2 Å². The Morgan fingerprint density at radius 3 is 2.47 bits per heavy atom. The van der Waals surface area contributed by atoms with Gasteiger partial charge in [0.15, 0.2) is 0 Å². The molecule has 0 aliphatic carbocycles. The van der Waals surface area contributed by atoms with Crippen LogP contribution in [0, 0.1) is 11.8 Å². The van der Waals surface area contributed by atoms with Crippen molar-refractivity contribution in [2.45, 2.75) is 48.6 Å². The Balaban J connectivity index is 1.44. The summed E-state index contributed by atoms with van der Waals surface area (Å²) in [5.74, 6) is -1.03. The molecule has 5 atom stereocenters. The molecule has 38 heavy (non-hydrogen) atoms. The van der Waals surface area contributed by atoms with Gasteiger partial charge >= 0.3 is 0 Å². The second kappa shape index (κ2) is 12.1. The summed E-state index contributed by atoms with van der Waals surface area (Å²) in [4.78, 5) is 50.2. The average Bonchev–Trinajstić information content (AvgIpc) is 3.24. The largest absolute Gasteiger partial charge is 0.396 e. The zero-order valence-corrected chi connectivity index (χ0v) is 23.3. The number of ether oxygens (including phenoxy) is 1. The molecule has 1 unspecified atom stereocenters. The molecule has 0 radical (unpaired) electrons. The van der Waals surface area contributed by atoms with Gasteiger partial charge < -0.3 is 24.5 Å². The zero-order chi connectivity index (χ0) is 26.7. The Morgan fingerprint density at radius 2 is 1.71 bits per heavy atom. The van der Waals surface area contributed by atoms with E-state index in [1.807, 2.05) is 9.80 Å². The van der Waals surface area contributed by atoms with E-state index in [9.17, 15) is 19.5 Å².